The molecule has 0 saturated carbocycles. The minimum atomic E-state index is -0.659. The number of carbonyl (C=O) groups excluding carboxylic acids is 3. The number of nitrogens with one attached hydrogen (secondary N) is 1. The number of hydrogen-bond acceptors (Lipinski definition) is 5. The van der Waals surface area contributed by atoms with Crippen molar-refractivity contribution in [1.82, 2.24) is 0 Å². The fourth-order valence-corrected chi connectivity index (χ4v) is 3.34. The van der Waals surface area contributed by atoms with Gasteiger partial charge in [-0.25, -0.2) is 4.79 Å². The maximum atomic E-state index is 12.2. The Hall–Kier alpha value is -2.93. The van der Waals surface area contributed by atoms with E-state index in [1.807, 2.05) is 31.2 Å². The Kier molecular flexibility index (Phi) is 6.30. The van der Waals surface area contributed by atoms with Gasteiger partial charge < -0.3 is 15.8 Å². The minimum Gasteiger partial charge on any atom is -0.462 e. The van der Waals surface area contributed by atoms with Crippen LogP contribution in [0.15, 0.2) is 30.3 Å². The van der Waals surface area contributed by atoms with E-state index in [-0.39, 0.29) is 22.0 Å². The smallest absolute Gasteiger partial charge is 0.341 e. The van der Waals surface area contributed by atoms with Crippen molar-refractivity contribution in [3.63, 3.8) is 0 Å². The zero-order chi connectivity index (χ0) is 19.3. The second-order valence-corrected chi connectivity index (χ2v) is 6.60. The quantitative estimate of drug-likeness (QED) is 0.600. The molecule has 6 nitrogen and oxygen atoms in total. The van der Waals surface area contributed by atoms with Gasteiger partial charge in [-0.2, -0.15) is 0 Å². The van der Waals surface area contributed by atoms with Crippen LogP contribution in [0.4, 0.5) is 5.00 Å². The highest BCUT2D eigenvalue weighted by Crippen LogP contribution is 2.33. The molecule has 0 unspecified atom stereocenters. The number of ether oxygens (including phenoxy) is 1. The first kappa shape index (κ1) is 19.4. The van der Waals surface area contributed by atoms with Crippen molar-refractivity contribution in [1.29, 1.82) is 0 Å². The van der Waals surface area contributed by atoms with Gasteiger partial charge in [-0.15, -0.1) is 11.3 Å². The van der Waals surface area contributed by atoms with Gasteiger partial charge in [0, 0.05) is 6.08 Å². The minimum absolute atomic E-state index is 0.155. The Bertz CT molecular complexity index is 866. The summed E-state index contributed by atoms with van der Waals surface area (Å²) in [4.78, 5) is 36.2. The summed E-state index contributed by atoms with van der Waals surface area (Å²) in [6.07, 6.45) is 3.02. The van der Waals surface area contributed by atoms with Crippen LogP contribution >= 0.6 is 11.3 Å². The van der Waals surface area contributed by atoms with Crippen LogP contribution in [0, 0.1) is 13.8 Å². The number of nitrogens with two attached hydrogens (primary N) is 1. The van der Waals surface area contributed by atoms with Crippen LogP contribution in [0.5, 0.6) is 0 Å². The lowest BCUT2D eigenvalue weighted by Crippen LogP contribution is -2.13. The number of hydrogen-bond donors (Lipinski definition) is 2. The highest BCUT2D eigenvalue weighted by molar-refractivity contribution is 7.18. The molecule has 0 aliphatic heterocycles. The molecule has 0 bridgehead atoms. The van der Waals surface area contributed by atoms with E-state index in [0.717, 1.165) is 22.5 Å². The molecule has 2 aromatic rings. The van der Waals surface area contributed by atoms with E-state index in [1.165, 1.54) is 6.08 Å². The number of esters is 1. The van der Waals surface area contributed by atoms with Crippen molar-refractivity contribution >= 4 is 40.2 Å². The average molecular weight is 372 g/mol. The van der Waals surface area contributed by atoms with Crippen LogP contribution in [0.25, 0.3) is 6.08 Å². The summed E-state index contributed by atoms with van der Waals surface area (Å²) in [6.45, 7) is 5.44. The molecule has 0 radical (unpaired) electrons. The summed E-state index contributed by atoms with van der Waals surface area (Å²) < 4.78 is 5.01. The lowest BCUT2D eigenvalue weighted by molar-refractivity contribution is -0.111. The number of benzene rings is 1. The average Bonchev–Trinajstić information content (AvgIpc) is 2.91. The van der Waals surface area contributed by atoms with Crippen molar-refractivity contribution in [2.75, 3.05) is 11.9 Å². The second kappa shape index (κ2) is 8.44. The molecular formula is C19H20N2O4S. The third-order valence-corrected chi connectivity index (χ3v) is 4.81. The molecule has 7 heteroatoms. The van der Waals surface area contributed by atoms with Crippen molar-refractivity contribution < 1.29 is 19.1 Å². The Balaban J connectivity index is 2.25. The molecule has 2 rings (SSSR count). The molecule has 0 aliphatic rings. The zero-order valence-corrected chi connectivity index (χ0v) is 15.6. The number of rotatable bonds is 6. The van der Waals surface area contributed by atoms with Gasteiger partial charge in [0.05, 0.1) is 17.0 Å². The topological polar surface area (TPSA) is 98.5 Å². The maximum absolute atomic E-state index is 12.2. The zero-order valence-electron chi connectivity index (χ0n) is 14.8. The fraction of sp³-hybridized carbons (Fsp3) is 0.211. The lowest BCUT2D eigenvalue weighted by atomic mass is 10.1. The van der Waals surface area contributed by atoms with Gasteiger partial charge in [0.1, 0.15) is 5.00 Å². The molecule has 0 aliphatic carbocycles. The van der Waals surface area contributed by atoms with Gasteiger partial charge in [-0.3, -0.25) is 9.59 Å². The van der Waals surface area contributed by atoms with Gasteiger partial charge >= 0.3 is 5.97 Å². The van der Waals surface area contributed by atoms with Crippen molar-refractivity contribution in [2.45, 2.75) is 20.8 Å². The van der Waals surface area contributed by atoms with E-state index >= 15 is 0 Å². The molecule has 0 spiro atoms. The highest BCUT2D eigenvalue weighted by Gasteiger charge is 2.25. The lowest BCUT2D eigenvalue weighted by Gasteiger charge is -2.05. The molecule has 3 N–H and O–H groups in total. The summed E-state index contributed by atoms with van der Waals surface area (Å²) >= 11 is 0.959. The van der Waals surface area contributed by atoms with Gasteiger partial charge in [0.2, 0.25) is 5.91 Å². The number of amides is 2. The van der Waals surface area contributed by atoms with Crippen LogP contribution in [-0.4, -0.2) is 24.4 Å². The van der Waals surface area contributed by atoms with E-state index in [4.69, 9.17) is 10.5 Å². The maximum Gasteiger partial charge on any atom is 0.341 e. The number of thiophene rings is 1. The van der Waals surface area contributed by atoms with E-state index < -0.39 is 17.8 Å². The predicted molar refractivity (Wildman–Crippen MR) is 102 cm³/mol. The predicted octanol–water partition coefficient (Wildman–Crippen LogP) is 3.29. The van der Waals surface area contributed by atoms with Crippen LogP contribution in [0.2, 0.25) is 0 Å². The van der Waals surface area contributed by atoms with Crippen LogP contribution in [-0.2, 0) is 9.53 Å². The second-order valence-electron chi connectivity index (χ2n) is 5.58. The molecule has 1 heterocycles. The summed E-state index contributed by atoms with van der Waals surface area (Å²) in [5.74, 6) is -1.69. The monoisotopic (exact) mass is 372 g/mol. The van der Waals surface area contributed by atoms with Crippen LogP contribution in [0.1, 0.15) is 43.6 Å². The first-order chi connectivity index (χ1) is 12.3. The molecule has 0 fully saturated rings. The third-order valence-electron chi connectivity index (χ3n) is 3.59. The number of anilines is 1. The molecule has 0 atom stereocenters. The molecule has 2 amide bonds. The molecule has 26 heavy (non-hydrogen) atoms. The standard InChI is InChI=1S/C19H20N2O4S/c1-4-25-19(24)15-12(3)16(17(20)23)26-18(15)21-14(22)10-9-13-7-5-11(2)6-8-13/h5-10H,4H2,1-3H3,(H2,20,23)(H,21,22)/b10-9+. The van der Waals surface area contributed by atoms with Crippen LogP contribution in [0.3, 0.4) is 0 Å². The largest absolute Gasteiger partial charge is 0.462 e. The summed E-state index contributed by atoms with van der Waals surface area (Å²) in [7, 11) is 0. The first-order valence-corrected chi connectivity index (χ1v) is 8.81. The van der Waals surface area contributed by atoms with E-state index in [9.17, 15) is 14.4 Å². The Labute approximate surface area is 155 Å². The van der Waals surface area contributed by atoms with E-state index in [2.05, 4.69) is 5.32 Å². The van der Waals surface area contributed by atoms with Crippen molar-refractivity contribution in [3.8, 4) is 0 Å². The summed E-state index contributed by atoms with van der Waals surface area (Å²) in [6, 6.07) is 7.67. The van der Waals surface area contributed by atoms with E-state index in [0.29, 0.717) is 5.56 Å². The SMILES string of the molecule is CCOC(=O)c1c(NC(=O)/C=C/c2ccc(C)cc2)sc(C(N)=O)c1C. The van der Waals surface area contributed by atoms with E-state index in [1.54, 1.807) is 19.9 Å². The molecule has 1 aromatic carbocycles. The molecule has 0 saturated heterocycles. The Morgan fingerprint density at radius 3 is 2.42 bits per heavy atom. The Morgan fingerprint density at radius 2 is 1.85 bits per heavy atom. The van der Waals surface area contributed by atoms with Gasteiger partial charge in [0.15, 0.2) is 0 Å². The number of carbonyl (C=O) groups is 3. The van der Waals surface area contributed by atoms with Crippen molar-refractivity contribution in [3.05, 3.63) is 57.5 Å². The van der Waals surface area contributed by atoms with Gasteiger partial charge in [-0.1, -0.05) is 29.8 Å². The third kappa shape index (κ3) is 4.58. The number of aryl methyl sites for hydroxylation is 1. The Morgan fingerprint density at radius 1 is 1.19 bits per heavy atom. The number of primary amides is 1. The van der Waals surface area contributed by atoms with Crippen LogP contribution < -0.4 is 11.1 Å². The van der Waals surface area contributed by atoms with Gasteiger partial charge in [0.25, 0.3) is 5.91 Å². The normalized spacial score (nSPS) is 10.7. The van der Waals surface area contributed by atoms with Crippen molar-refractivity contribution in [2.24, 2.45) is 5.73 Å². The highest BCUT2D eigenvalue weighted by atomic mass is 32.1. The summed E-state index contributed by atoms with van der Waals surface area (Å²) in [5, 5.41) is 2.88. The molecule has 136 valence electrons. The molecular weight excluding hydrogens is 352 g/mol. The summed E-state index contributed by atoms with van der Waals surface area (Å²) in [5.41, 5.74) is 7.89. The fourth-order valence-electron chi connectivity index (χ4n) is 2.29. The first-order valence-electron chi connectivity index (χ1n) is 7.99. The molecule has 1 aromatic heterocycles. The van der Waals surface area contributed by atoms with Gasteiger partial charge in [-0.05, 0) is 38.0 Å².